The van der Waals surface area contributed by atoms with Crippen LogP contribution in [0.4, 0.5) is 17.1 Å². The van der Waals surface area contributed by atoms with Crippen molar-refractivity contribution in [3.63, 3.8) is 0 Å². The van der Waals surface area contributed by atoms with E-state index >= 15 is 0 Å². The van der Waals surface area contributed by atoms with E-state index in [1.165, 1.54) is 0 Å². The average molecular weight is 902 g/mol. The second-order valence-electron chi connectivity index (χ2n) is 16.8. The Morgan fingerprint density at radius 2 is 1.50 bits per heavy atom. The molecule has 3 aliphatic rings. The lowest BCUT2D eigenvalue weighted by atomic mass is 9.81. The number of ether oxygens (including phenoxy) is 3. The highest BCUT2D eigenvalue weighted by Gasteiger charge is 2.45. The van der Waals surface area contributed by atoms with Crippen molar-refractivity contribution < 1.29 is 44.7 Å². The van der Waals surface area contributed by atoms with E-state index in [1.807, 2.05) is 54.6 Å². The van der Waals surface area contributed by atoms with Gasteiger partial charge in [-0.2, -0.15) is 18.0 Å². The fraction of sp³-hybridized carbons (Fsp3) is 0.404. The van der Waals surface area contributed by atoms with Gasteiger partial charge in [0.1, 0.15) is 29.6 Å². The van der Waals surface area contributed by atoms with Crippen LogP contribution in [0.3, 0.4) is 0 Å². The fourth-order valence-electron chi connectivity index (χ4n) is 8.62. The number of isothiocyanates is 1. The number of hydrogen-bond donors (Lipinski definition) is 1. The van der Waals surface area contributed by atoms with Gasteiger partial charge in [-0.15, -0.1) is 0 Å². The van der Waals surface area contributed by atoms with Crippen molar-refractivity contribution in [3.05, 3.63) is 119 Å². The summed E-state index contributed by atoms with van der Waals surface area (Å²) in [6, 6.07) is 19.4. The third-order valence-corrected chi connectivity index (χ3v) is 13.5. The zero-order valence-electron chi connectivity index (χ0n) is 36.1. The van der Waals surface area contributed by atoms with Crippen molar-refractivity contribution >= 4 is 60.4 Å². The molecule has 1 aliphatic carbocycles. The molecule has 0 bridgehead atoms. The van der Waals surface area contributed by atoms with Gasteiger partial charge in [0.2, 0.25) is 5.69 Å². The van der Waals surface area contributed by atoms with Gasteiger partial charge in [-0.25, -0.2) is 8.42 Å². The molecule has 2 heterocycles. The van der Waals surface area contributed by atoms with Gasteiger partial charge in [-0.1, -0.05) is 19.9 Å². The van der Waals surface area contributed by atoms with Gasteiger partial charge < -0.3 is 23.7 Å². The van der Waals surface area contributed by atoms with E-state index < -0.39 is 36.8 Å². The van der Waals surface area contributed by atoms with Gasteiger partial charge in [0.25, 0.3) is 10.1 Å². The number of aliphatic imine (C=N–C) groups is 1. The molecule has 0 unspecified atom stereocenters. The zero-order chi connectivity index (χ0) is 44.9. The molecule has 62 heavy (non-hydrogen) atoms. The number of methoxy groups -OCH3 is 2. The highest BCUT2D eigenvalue weighted by atomic mass is 32.2. The summed E-state index contributed by atoms with van der Waals surface area (Å²) >= 11 is 4.82. The van der Waals surface area contributed by atoms with Gasteiger partial charge in [-0.05, 0) is 148 Å². The monoisotopic (exact) mass is 901 g/mol. The third kappa shape index (κ3) is 10.8. The largest absolute Gasteiger partial charge is 0.748 e. The van der Waals surface area contributed by atoms with E-state index in [0.717, 1.165) is 81.6 Å². The molecule has 0 saturated heterocycles. The summed E-state index contributed by atoms with van der Waals surface area (Å²) in [5.41, 5.74) is 8.00. The Balaban J connectivity index is 1.44. The smallest absolute Gasteiger partial charge is 0.264 e. The summed E-state index contributed by atoms with van der Waals surface area (Å²) in [7, 11) is -5.12. The molecule has 3 aromatic rings. The maximum atomic E-state index is 11.5. The molecule has 12 nitrogen and oxygen atoms in total. The molecular formula is C47H55N3O9S3. The lowest BCUT2D eigenvalue weighted by Crippen LogP contribution is -2.28. The first-order valence-electron chi connectivity index (χ1n) is 20.7. The Kier molecular flexibility index (Phi) is 14.5. The standard InChI is InChI=1S/C47H55N3O9S3/c1-46(2)39-30-37(57-5)20-22-41(39)49(26-7-9-28-61(51,52)53)43(46)24-14-33-12-11-13-34(45(33)59-36-18-16-35(17-19-36)48-32-60)15-25-44-47(3,4)40-31-38(58-6)21-23-42(40)50(44)27-8-10-29-62(54,55)56/h14-25,30-31H,7-13,26-29H2,1-6H3,(H-,51,52,53,54,55,56). The number of hydrogen-bond acceptors (Lipinski definition) is 11. The van der Waals surface area contributed by atoms with Crippen LogP contribution in [0, 0.1) is 0 Å². The van der Waals surface area contributed by atoms with Gasteiger partial charge in [0.05, 0.1) is 46.4 Å². The first kappa shape index (κ1) is 46.6. The number of anilines is 1. The zero-order valence-corrected chi connectivity index (χ0v) is 38.6. The predicted molar refractivity (Wildman–Crippen MR) is 247 cm³/mol. The molecule has 330 valence electrons. The average Bonchev–Trinajstić information content (AvgIpc) is 3.56. The lowest BCUT2D eigenvalue weighted by Gasteiger charge is -2.27. The van der Waals surface area contributed by atoms with Crippen LogP contribution < -0.4 is 19.1 Å². The Morgan fingerprint density at radius 3 is 2.16 bits per heavy atom. The van der Waals surface area contributed by atoms with E-state index in [4.69, 9.17) is 26.4 Å². The summed E-state index contributed by atoms with van der Waals surface area (Å²) < 4.78 is 87.1. The molecule has 1 N–H and O–H groups in total. The van der Waals surface area contributed by atoms with Crippen molar-refractivity contribution in [2.75, 3.05) is 43.7 Å². The predicted octanol–water partition coefficient (Wildman–Crippen LogP) is 9.49. The van der Waals surface area contributed by atoms with Crippen molar-refractivity contribution in [3.8, 4) is 17.2 Å². The minimum Gasteiger partial charge on any atom is -0.748 e. The molecule has 0 aromatic heterocycles. The summed E-state index contributed by atoms with van der Waals surface area (Å²) in [6.07, 6.45) is 12.5. The number of nitrogens with zero attached hydrogens (tertiary/aromatic N) is 3. The molecule has 0 amide bonds. The van der Waals surface area contributed by atoms with Crippen LogP contribution in [0.2, 0.25) is 0 Å². The molecule has 15 heteroatoms. The van der Waals surface area contributed by atoms with Gasteiger partial charge in [-0.3, -0.25) is 4.55 Å². The number of benzene rings is 3. The van der Waals surface area contributed by atoms with Crippen molar-refractivity contribution in [1.29, 1.82) is 0 Å². The molecule has 0 saturated carbocycles. The maximum absolute atomic E-state index is 11.5. The normalized spacial score (nSPS) is 18.4. The maximum Gasteiger partial charge on any atom is 0.264 e. The highest BCUT2D eigenvalue weighted by Crippen LogP contribution is 2.49. The van der Waals surface area contributed by atoms with Crippen molar-refractivity contribution in [2.45, 2.75) is 83.5 Å². The van der Waals surface area contributed by atoms with Crippen LogP contribution in [-0.4, -0.2) is 80.2 Å². The van der Waals surface area contributed by atoms with E-state index in [2.05, 4.69) is 77.7 Å². The van der Waals surface area contributed by atoms with Crippen LogP contribution in [0.1, 0.15) is 83.8 Å². The Bertz CT molecular complexity index is 2620. The summed E-state index contributed by atoms with van der Waals surface area (Å²) in [5.74, 6) is 2.12. The summed E-state index contributed by atoms with van der Waals surface area (Å²) in [6.45, 7) is 9.72. The quantitative estimate of drug-likeness (QED) is 0.0426. The van der Waals surface area contributed by atoms with Crippen LogP contribution in [0.25, 0.3) is 0 Å². The summed E-state index contributed by atoms with van der Waals surface area (Å²) in [4.78, 5) is 6.31. The molecule has 0 spiro atoms. The molecule has 2 aliphatic heterocycles. The number of allylic oxidation sites excluding steroid dienone is 7. The van der Waals surface area contributed by atoms with Crippen LogP contribution in [0.15, 0.2) is 113 Å². The topological polar surface area (TPSA) is 158 Å². The van der Waals surface area contributed by atoms with Gasteiger partial charge >= 0.3 is 0 Å². The number of fused-ring (bicyclic) bond motifs is 2. The minimum atomic E-state index is -4.32. The first-order chi connectivity index (χ1) is 29.4. The first-order valence-corrected chi connectivity index (χ1v) is 24.3. The summed E-state index contributed by atoms with van der Waals surface area (Å²) in [5, 5.41) is 2.41. The number of rotatable bonds is 18. The van der Waals surface area contributed by atoms with E-state index in [1.54, 1.807) is 14.2 Å². The Morgan fingerprint density at radius 1 is 0.839 bits per heavy atom. The molecule has 0 atom stereocenters. The third-order valence-electron chi connectivity index (χ3n) is 11.8. The van der Waals surface area contributed by atoms with E-state index in [-0.39, 0.29) is 12.2 Å². The minimum absolute atomic E-state index is 0.254. The van der Waals surface area contributed by atoms with Crippen molar-refractivity contribution in [1.82, 2.24) is 0 Å². The Hall–Kier alpha value is -4.89. The SMILES string of the molecule is COc1ccc2c(c1)C(C)(C)C(/C=C/C1=C(Oc3ccc(N=C=S)cc3)C(=C/C=C3/N(CCCCS(=O)(=O)[O-])c4ccc(OC)cc4C3(C)C)/CCC1)=[N+]2CCCCS(=O)(=O)O. The van der Waals surface area contributed by atoms with Crippen molar-refractivity contribution in [2.24, 2.45) is 4.99 Å². The molecule has 3 aromatic carbocycles. The van der Waals surface area contributed by atoms with Gasteiger partial charge in [0, 0.05) is 53.2 Å². The molecule has 0 radical (unpaired) electrons. The van der Waals surface area contributed by atoms with E-state index in [0.29, 0.717) is 43.8 Å². The fourth-order valence-corrected chi connectivity index (χ4v) is 9.85. The molecule has 0 fully saturated rings. The van der Waals surface area contributed by atoms with Crippen LogP contribution in [0.5, 0.6) is 17.2 Å². The Labute approximate surface area is 371 Å². The van der Waals surface area contributed by atoms with Crippen LogP contribution >= 0.6 is 12.2 Å². The van der Waals surface area contributed by atoms with Crippen LogP contribution in [-0.2, 0) is 31.1 Å². The second kappa shape index (κ2) is 19.2. The van der Waals surface area contributed by atoms with Gasteiger partial charge in [0.15, 0.2) is 5.71 Å². The lowest BCUT2D eigenvalue weighted by molar-refractivity contribution is -0.438. The second-order valence-corrected chi connectivity index (χ2v) is 20.0. The number of thiocarbonyl (C=S) groups is 1. The highest BCUT2D eigenvalue weighted by molar-refractivity contribution is 7.85. The molecular weight excluding hydrogens is 847 g/mol. The number of unbranched alkanes of at least 4 members (excludes halogenated alkanes) is 2. The molecule has 6 rings (SSSR count). The van der Waals surface area contributed by atoms with E-state index in [9.17, 15) is 25.9 Å².